The largest absolute Gasteiger partial charge is 0.462 e. The van der Waals surface area contributed by atoms with Crippen molar-refractivity contribution in [1.82, 2.24) is 0 Å². The number of nitrogens with one attached hydrogen (secondary N) is 1. The number of hydrogen-bond donors (Lipinski definition) is 1. The van der Waals surface area contributed by atoms with Crippen molar-refractivity contribution in [1.29, 1.82) is 0 Å². The van der Waals surface area contributed by atoms with Crippen molar-refractivity contribution in [2.75, 3.05) is 11.9 Å². The minimum Gasteiger partial charge on any atom is -0.462 e. The van der Waals surface area contributed by atoms with Crippen molar-refractivity contribution in [2.24, 2.45) is 0 Å². The Hall–Kier alpha value is -2.74. The summed E-state index contributed by atoms with van der Waals surface area (Å²) in [7, 11) is 0. The number of ether oxygens (including phenoxy) is 2. The molecule has 27 heavy (non-hydrogen) atoms. The monoisotopic (exact) mass is 393 g/mol. The van der Waals surface area contributed by atoms with Crippen LogP contribution in [0.2, 0.25) is 0 Å². The van der Waals surface area contributed by atoms with Gasteiger partial charge in [-0.15, -0.1) is 11.3 Å². The summed E-state index contributed by atoms with van der Waals surface area (Å²) in [6.45, 7) is 6.78. The maximum absolute atomic E-state index is 13.4. The summed E-state index contributed by atoms with van der Waals surface area (Å²) in [5.74, 6) is -2.42. The Bertz CT molecular complexity index is 875. The number of rotatable bonds is 6. The number of halogens is 1. The average Bonchev–Trinajstić information content (AvgIpc) is 2.90. The maximum atomic E-state index is 13.4. The summed E-state index contributed by atoms with van der Waals surface area (Å²) < 4.78 is 23.6. The molecule has 1 aromatic heterocycles. The fourth-order valence-corrected chi connectivity index (χ4v) is 3.39. The molecule has 0 spiro atoms. The fourth-order valence-electron chi connectivity index (χ4n) is 2.32. The van der Waals surface area contributed by atoms with E-state index in [2.05, 4.69) is 5.32 Å². The Balaban J connectivity index is 2.42. The lowest BCUT2D eigenvalue weighted by molar-refractivity contribution is 0.0383. The predicted molar refractivity (Wildman–Crippen MR) is 99.9 cm³/mol. The van der Waals surface area contributed by atoms with E-state index in [9.17, 15) is 18.8 Å². The smallest absolute Gasteiger partial charge is 0.348 e. The highest BCUT2D eigenvalue weighted by Gasteiger charge is 2.28. The van der Waals surface area contributed by atoms with E-state index in [1.807, 2.05) is 0 Å². The molecule has 2 rings (SSSR count). The molecule has 0 fully saturated rings. The number of carbonyl (C=O) groups excluding carboxylic acids is 3. The van der Waals surface area contributed by atoms with E-state index in [4.69, 9.17) is 9.47 Å². The van der Waals surface area contributed by atoms with E-state index in [1.54, 1.807) is 27.7 Å². The first-order valence-corrected chi connectivity index (χ1v) is 9.14. The zero-order valence-electron chi connectivity index (χ0n) is 15.4. The van der Waals surface area contributed by atoms with Gasteiger partial charge in [0.05, 0.1) is 18.3 Å². The van der Waals surface area contributed by atoms with Crippen LogP contribution in [-0.2, 0) is 9.47 Å². The number of esters is 2. The number of amides is 1. The number of thiophene rings is 1. The summed E-state index contributed by atoms with van der Waals surface area (Å²) in [6.07, 6.45) is -0.338. The molecular weight excluding hydrogens is 373 g/mol. The third-order valence-corrected chi connectivity index (χ3v) is 4.66. The molecule has 6 nitrogen and oxygen atoms in total. The highest BCUT2D eigenvalue weighted by molar-refractivity contribution is 7.18. The molecule has 0 radical (unpaired) electrons. The van der Waals surface area contributed by atoms with Crippen LogP contribution in [0.5, 0.6) is 0 Å². The van der Waals surface area contributed by atoms with Gasteiger partial charge in [-0.05, 0) is 51.5 Å². The van der Waals surface area contributed by atoms with Crippen LogP contribution in [0.3, 0.4) is 0 Å². The molecule has 0 saturated heterocycles. The lowest BCUT2D eigenvalue weighted by Crippen LogP contribution is -2.15. The Kier molecular flexibility index (Phi) is 6.68. The average molecular weight is 393 g/mol. The molecule has 144 valence electrons. The van der Waals surface area contributed by atoms with Gasteiger partial charge in [0.2, 0.25) is 0 Å². The van der Waals surface area contributed by atoms with Crippen LogP contribution in [0.4, 0.5) is 9.39 Å². The molecule has 1 amide bonds. The van der Waals surface area contributed by atoms with Crippen molar-refractivity contribution < 1.29 is 28.2 Å². The van der Waals surface area contributed by atoms with Crippen LogP contribution in [-0.4, -0.2) is 30.6 Å². The number of carbonyl (C=O) groups is 3. The zero-order valence-corrected chi connectivity index (χ0v) is 16.2. The SMILES string of the molecule is CCOC(=O)c1c(NC(=O)c2cccc(F)c2)sc(C(=O)OC(C)C)c1C. The minimum atomic E-state index is -0.663. The van der Waals surface area contributed by atoms with E-state index in [1.165, 1.54) is 18.2 Å². The van der Waals surface area contributed by atoms with Gasteiger partial charge in [-0.1, -0.05) is 6.07 Å². The predicted octanol–water partition coefficient (Wildman–Crippen LogP) is 4.19. The molecule has 1 N–H and O–H groups in total. The first kappa shape index (κ1) is 20.6. The summed E-state index contributed by atoms with van der Waals surface area (Å²) in [4.78, 5) is 37.3. The van der Waals surface area contributed by atoms with Crippen molar-refractivity contribution >= 4 is 34.2 Å². The van der Waals surface area contributed by atoms with Gasteiger partial charge in [-0.3, -0.25) is 4.79 Å². The van der Waals surface area contributed by atoms with Crippen LogP contribution >= 0.6 is 11.3 Å². The van der Waals surface area contributed by atoms with Crippen molar-refractivity contribution in [3.05, 3.63) is 51.7 Å². The molecule has 0 saturated carbocycles. The van der Waals surface area contributed by atoms with Crippen molar-refractivity contribution in [3.63, 3.8) is 0 Å². The fraction of sp³-hybridized carbons (Fsp3) is 0.316. The Morgan fingerprint density at radius 2 is 1.93 bits per heavy atom. The molecule has 1 heterocycles. The van der Waals surface area contributed by atoms with Crippen molar-refractivity contribution in [3.8, 4) is 0 Å². The van der Waals surface area contributed by atoms with E-state index < -0.39 is 23.7 Å². The van der Waals surface area contributed by atoms with Crippen LogP contribution in [0, 0.1) is 12.7 Å². The maximum Gasteiger partial charge on any atom is 0.348 e. The van der Waals surface area contributed by atoms with E-state index in [0.29, 0.717) is 5.56 Å². The van der Waals surface area contributed by atoms with Gasteiger partial charge in [-0.2, -0.15) is 0 Å². The van der Waals surface area contributed by atoms with Crippen LogP contribution < -0.4 is 5.32 Å². The Morgan fingerprint density at radius 3 is 2.52 bits per heavy atom. The van der Waals surface area contributed by atoms with Gasteiger partial charge in [-0.25, -0.2) is 14.0 Å². The zero-order chi connectivity index (χ0) is 20.1. The van der Waals surface area contributed by atoms with E-state index in [-0.39, 0.29) is 33.7 Å². The third-order valence-electron chi connectivity index (χ3n) is 3.47. The van der Waals surface area contributed by atoms with Gasteiger partial charge in [0, 0.05) is 5.56 Å². The highest BCUT2D eigenvalue weighted by Crippen LogP contribution is 2.34. The van der Waals surface area contributed by atoms with E-state index >= 15 is 0 Å². The molecule has 0 unspecified atom stereocenters. The second-order valence-corrected chi connectivity index (χ2v) is 6.92. The molecule has 8 heteroatoms. The number of anilines is 1. The first-order valence-electron chi connectivity index (χ1n) is 8.33. The summed E-state index contributed by atoms with van der Waals surface area (Å²) in [5.41, 5.74) is 0.531. The quantitative estimate of drug-likeness (QED) is 0.744. The van der Waals surface area contributed by atoms with Gasteiger partial charge < -0.3 is 14.8 Å². The number of benzene rings is 1. The minimum absolute atomic E-state index is 0.0853. The first-order chi connectivity index (χ1) is 12.7. The molecule has 0 aliphatic carbocycles. The van der Waals surface area contributed by atoms with Gasteiger partial charge in [0.1, 0.15) is 15.7 Å². The normalized spacial score (nSPS) is 10.6. The van der Waals surface area contributed by atoms with Crippen LogP contribution in [0.1, 0.15) is 56.7 Å². The molecule has 0 aliphatic rings. The van der Waals surface area contributed by atoms with Crippen LogP contribution in [0.15, 0.2) is 24.3 Å². The molecule has 0 atom stereocenters. The second-order valence-electron chi connectivity index (χ2n) is 5.90. The molecule has 1 aromatic carbocycles. The van der Waals surface area contributed by atoms with Gasteiger partial charge >= 0.3 is 11.9 Å². The van der Waals surface area contributed by atoms with Crippen LogP contribution in [0.25, 0.3) is 0 Å². The lowest BCUT2D eigenvalue weighted by atomic mass is 10.1. The molecule has 0 bridgehead atoms. The lowest BCUT2D eigenvalue weighted by Gasteiger charge is -2.07. The summed E-state index contributed by atoms with van der Waals surface area (Å²) >= 11 is 0.917. The summed E-state index contributed by atoms with van der Waals surface area (Å²) in [5, 5.41) is 2.72. The Labute approximate surface area is 160 Å². The molecular formula is C19H20FNO5S. The number of hydrogen-bond acceptors (Lipinski definition) is 6. The highest BCUT2D eigenvalue weighted by atomic mass is 32.1. The van der Waals surface area contributed by atoms with Gasteiger partial charge in [0.15, 0.2) is 0 Å². The topological polar surface area (TPSA) is 81.7 Å². The standard InChI is InChI=1S/C19H20FNO5S/c1-5-25-18(23)14-11(4)15(19(24)26-10(2)3)27-17(14)21-16(22)12-7-6-8-13(20)9-12/h6-10H,5H2,1-4H3,(H,21,22). The molecule has 2 aromatic rings. The summed E-state index contributed by atoms with van der Waals surface area (Å²) in [6, 6.07) is 5.14. The Morgan fingerprint density at radius 1 is 1.22 bits per heavy atom. The van der Waals surface area contributed by atoms with E-state index in [0.717, 1.165) is 17.4 Å². The molecule has 0 aliphatic heterocycles. The second kappa shape index (κ2) is 8.77. The third kappa shape index (κ3) is 4.91. The van der Waals surface area contributed by atoms with Gasteiger partial charge in [0.25, 0.3) is 5.91 Å². The van der Waals surface area contributed by atoms with Crippen molar-refractivity contribution in [2.45, 2.75) is 33.8 Å².